The van der Waals surface area contributed by atoms with Crippen molar-refractivity contribution in [3.8, 4) is 16.9 Å². The molecule has 6 nitrogen and oxygen atoms in total. The summed E-state index contributed by atoms with van der Waals surface area (Å²) in [5.41, 5.74) is 2.14. The maximum atomic E-state index is 11.5. The molecule has 0 spiro atoms. The molecule has 1 heterocycles. The summed E-state index contributed by atoms with van der Waals surface area (Å²) in [6.45, 7) is 1.60. The highest BCUT2D eigenvalue weighted by atomic mass is 16.5. The van der Waals surface area contributed by atoms with Gasteiger partial charge in [-0.2, -0.15) is 5.10 Å². The lowest BCUT2D eigenvalue weighted by atomic mass is 10.1. The van der Waals surface area contributed by atoms with Gasteiger partial charge in [-0.3, -0.25) is 9.48 Å². The summed E-state index contributed by atoms with van der Waals surface area (Å²) in [5, 5.41) is 7.05. The van der Waals surface area contributed by atoms with Gasteiger partial charge in [0.2, 0.25) is 5.91 Å². The van der Waals surface area contributed by atoms with Crippen LogP contribution in [-0.4, -0.2) is 54.4 Å². The Morgan fingerprint density at radius 1 is 1.35 bits per heavy atom. The summed E-state index contributed by atoms with van der Waals surface area (Å²) in [6.07, 6.45) is 4.58. The van der Waals surface area contributed by atoms with Crippen LogP contribution >= 0.6 is 0 Å². The molecule has 0 bridgehead atoms. The number of benzene rings is 1. The SMILES string of the molecule is CN(C)CC(=O)NCCCOc1cccc(-c2cnn(C)c2)c1. The summed E-state index contributed by atoms with van der Waals surface area (Å²) < 4.78 is 7.53. The number of hydrogen-bond donors (Lipinski definition) is 1. The zero-order chi connectivity index (χ0) is 16.7. The fourth-order valence-electron chi connectivity index (χ4n) is 2.17. The smallest absolute Gasteiger partial charge is 0.234 e. The van der Waals surface area contributed by atoms with Gasteiger partial charge in [0, 0.05) is 25.4 Å². The van der Waals surface area contributed by atoms with Crippen molar-refractivity contribution in [1.29, 1.82) is 0 Å². The summed E-state index contributed by atoms with van der Waals surface area (Å²) in [5.74, 6) is 0.861. The molecule has 1 aromatic carbocycles. The molecule has 0 radical (unpaired) electrons. The predicted octanol–water partition coefficient (Wildman–Crippen LogP) is 1.53. The molecule has 1 aromatic heterocycles. The number of nitrogens with zero attached hydrogens (tertiary/aromatic N) is 3. The Morgan fingerprint density at radius 2 is 2.17 bits per heavy atom. The van der Waals surface area contributed by atoms with Crippen molar-refractivity contribution < 1.29 is 9.53 Å². The number of carbonyl (C=O) groups is 1. The third kappa shape index (κ3) is 5.75. The molecule has 0 atom stereocenters. The van der Waals surface area contributed by atoms with Crippen LogP contribution in [0.1, 0.15) is 6.42 Å². The first-order valence-corrected chi connectivity index (χ1v) is 7.68. The van der Waals surface area contributed by atoms with Gasteiger partial charge in [0.1, 0.15) is 5.75 Å². The van der Waals surface area contributed by atoms with Crippen molar-refractivity contribution in [2.45, 2.75) is 6.42 Å². The molecule has 23 heavy (non-hydrogen) atoms. The van der Waals surface area contributed by atoms with Crippen molar-refractivity contribution in [2.24, 2.45) is 7.05 Å². The lowest BCUT2D eigenvalue weighted by molar-refractivity contribution is -0.121. The zero-order valence-corrected chi connectivity index (χ0v) is 14.0. The number of aromatic nitrogens is 2. The van der Waals surface area contributed by atoms with Crippen LogP contribution in [0.3, 0.4) is 0 Å². The van der Waals surface area contributed by atoms with Crippen molar-refractivity contribution in [3.05, 3.63) is 36.7 Å². The second-order valence-electron chi connectivity index (χ2n) is 5.72. The summed E-state index contributed by atoms with van der Waals surface area (Å²) in [4.78, 5) is 13.3. The van der Waals surface area contributed by atoms with Crippen LogP contribution in [0.25, 0.3) is 11.1 Å². The lowest BCUT2D eigenvalue weighted by Gasteiger charge is -2.10. The fraction of sp³-hybridized carbons (Fsp3) is 0.412. The minimum Gasteiger partial charge on any atom is -0.494 e. The Balaban J connectivity index is 1.75. The normalized spacial score (nSPS) is 10.8. The van der Waals surface area contributed by atoms with Gasteiger partial charge < -0.3 is 15.0 Å². The van der Waals surface area contributed by atoms with E-state index in [4.69, 9.17) is 4.74 Å². The second-order valence-corrected chi connectivity index (χ2v) is 5.72. The van der Waals surface area contributed by atoms with Crippen LogP contribution in [0.2, 0.25) is 0 Å². The van der Waals surface area contributed by atoms with Gasteiger partial charge in [-0.1, -0.05) is 12.1 Å². The Labute approximate surface area is 137 Å². The Kier molecular flexibility index (Phi) is 6.17. The van der Waals surface area contributed by atoms with Crippen molar-refractivity contribution in [2.75, 3.05) is 33.8 Å². The van der Waals surface area contributed by atoms with Crippen molar-refractivity contribution in [3.63, 3.8) is 0 Å². The molecular formula is C17H24N4O2. The van der Waals surface area contributed by atoms with Crippen LogP contribution in [-0.2, 0) is 11.8 Å². The highest BCUT2D eigenvalue weighted by molar-refractivity contribution is 5.77. The van der Waals surface area contributed by atoms with E-state index in [1.807, 2.05) is 62.7 Å². The van der Waals surface area contributed by atoms with E-state index in [-0.39, 0.29) is 5.91 Å². The van der Waals surface area contributed by atoms with E-state index in [0.29, 0.717) is 19.7 Å². The Morgan fingerprint density at radius 3 is 2.87 bits per heavy atom. The van der Waals surface area contributed by atoms with E-state index in [9.17, 15) is 4.79 Å². The van der Waals surface area contributed by atoms with Gasteiger partial charge in [0.05, 0.1) is 19.3 Å². The van der Waals surface area contributed by atoms with Crippen LogP contribution in [0.4, 0.5) is 0 Å². The van der Waals surface area contributed by atoms with E-state index in [2.05, 4.69) is 10.4 Å². The van der Waals surface area contributed by atoms with Gasteiger partial charge in [0.15, 0.2) is 0 Å². The first kappa shape index (κ1) is 17.0. The average molecular weight is 316 g/mol. The number of ether oxygens (including phenoxy) is 1. The van der Waals surface area contributed by atoms with Gasteiger partial charge >= 0.3 is 0 Å². The summed E-state index contributed by atoms with van der Waals surface area (Å²) in [7, 11) is 5.64. The maximum Gasteiger partial charge on any atom is 0.234 e. The number of amides is 1. The monoisotopic (exact) mass is 316 g/mol. The molecule has 0 unspecified atom stereocenters. The molecule has 2 rings (SSSR count). The van der Waals surface area contributed by atoms with Crippen molar-refractivity contribution >= 4 is 5.91 Å². The molecule has 0 aliphatic carbocycles. The van der Waals surface area contributed by atoms with E-state index in [1.54, 1.807) is 4.68 Å². The maximum absolute atomic E-state index is 11.5. The lowest BCUT2D eigenvalue weighted by Crippen LogP contribution is -2.34. The number of rotatable bonds is 8. The van der Waals surface area contributed by atoms with E-state index < -0.39 is 0 Å². The quantitative estimate of drug-likeness (QED) is 0.751. The largest absolute Gasteiger partial charge is 0.494 e. The first-order valence-electron chi connectivity index (χ1n) is 7.68. The third-order valence-electron chi connectivity index (χ3n) is 3.24. The third-order valence-corrected chi connectivity index (χ3v) is 3.24. The standard InChI is InChI=1S/C17H24N4O2/c1-20(2)13-17(22)18-8-5-9-23-16-7-4-6-14(10-16)15-11-19-21(3)12-15/h4,6-7,10-12H,5,8-9,13H2,1-3H3,(H,18,22). The molecule has 0 aliphatic heterocycles. The Bertz CT molecular complexity index is 637. The molecule has 0 saturated heterocycles. The number of nitrogens with one attached hydrogen (secondary N) is 1. The number of aryl methyl sites for hydroxylation is 1. The zero-order valence-electron chi connectivity index (χ0n) is 14.0. The topological polar surface area (TPSA) is 59.4 Å². The van der Waals surface area contributed by atoms with Crippen LogP contribution in [0, 0.1) is 0 Å². The van der Waals surface area contributed by atoms with Gasteiger partial charge in [-0.05, 0) is 38.2 Å². The minimum atomic E-state index is 0.0357. The number of hydrogen-bond acceptors (Lipinski definition) is 4. The predicted molar refractivity (Wildman–Crippen MR) is 90.3 cm³/mol. The minimum absolute atomic E-state index is 0.0357. The summed E-state index contributed by atoms with van der Waals surface area (Å²) >= 11 is 0. The molecule has 124 valence electrons. The first-order chi connectivity index (χ1) is 11.0. The van der Waals surface area contributed by atoms with Gasteiger partial charge in [-0.15, -0.1) is 0 Å². The van der Waals surface area contributed by atoms with E-state index in [1.165, 1.54) is 0 Å². The van der Waals surface area contributed by atoms with Gasteiger partial charge in [-0.25, -0.2) is 0 Å². The molecule has 2 aromatic rings. The van der Waals surface area contributed by atoms with Crippen LogP contribution < -0.4 is 10.1 Å². The van der Waals surface area contributed by atoms with Crippen molar-refractivity contribution in [1.82, 2.24) is 20.0 Å². The Hall–Kier alpha value is -2.34. The molecule has 0 fully saturated rings. The molecule has 6 heteroatoms. The molecule has 0 saturated carbocycles. The number of likely N-dealkylation sites (N-methyl/N-ethyl adjacent to an activating group) is 1. The second kappa shape index (κ2) is 8.33. The molecular weight excluding hydrogens is 292 g/mol. The van der Waals surface area contributed by atoms with Crippen LogP contribution in [0.5, 0.6) is 5.75 Å². The average Bonchev–Trinajstić information content (AvgIpc) is 2.93. The number of carbonyl (C=O) groups excluding carboxylic acids is 1. The highest BCUT2D eigenvalue weighted by Gasteiger charge is 2.03. The van der Waals surface area contributed by atoms with E-state index in [0.717, 1.165) is 23.3 Å². The highest BCUT2D eigenvalue weighted by Crippen LogP contribution is 2.23. The molecule has 0 aliphatic rings. The van der Waals surface area contributed by atoms with Gasteiger partial charge in [0.25, 0.3) is 0 Å². The van der Waals surface area contributed by atoms with Crippen LogP contribution in [0.15, 0.2) is 36.7 Å². The molecule has 1 amide bonds. The fourth-order valence-corrected chi connectivity index (χ4v) is 2.17. The summed E-state index contributed by atoms with van der Waals surface area (Å²) in [6, 6.07) is 7.94. The molecule has 1 N–H and O–H groups in total. The van der Waals surface area contributed by atoms with E-state index >= 15 is 0 Å².